The zero-order valence-corrected chi connectivity index (χ0v) is 17.2. The summed E-state index contributed by atoms with van der Waals surface area (Å²) >= 11 is 1.28. The van der Waals surface area contributed by atoms with Crippen LogP contribution < -0.4 is 10.1 Å². The van der Waals surface area contributed by atoms with Gasteiger partial charge in [0, 0.05) is 12.5 Å². The molecule has 0 aliphatic carbocycles. The summed E-state index contributed by atoms with van der Waals surface area (Å²) in [5.41, 5.74) is 2.88. The lowest BCUT2D eigenvalue weighted by molar-refractivity contribution is -0.274. The van der Waals surface area contributed by atoms with Gasteiger partial charge in [0.25, 0.3) is 0 Å². The molecule has 0 saturated carbocycles. The largest absolute Gasteiger partial charge is 0.573 e. The van der Waals surface area contributed by atoms with Crippen molar-refractivity contribution in [3.05, 3.63) is 64.7 Å². The number of aryl methyl sites for hydroxylation is 1. The molecule has 30 heavy (non-hydrogen) atoms. The van der Waals surface area contributed by atoms with E-state index in [1.165, 1.54) is 48.1 Å². The molecule has 1 aromatic heterocycles. The highest BCUT2D eigenvalue weighted by Gasteiger charge is 2.31. The van der Waals surface area contributed by atoms with Crippen molar-refractivity contribution in [3.63, 3.8) is 0 Å². The third-order valence-corrected chi connectivity index (χ3v) is 5.38. The molecule has 3 rings (SSSR count). The Morgan fingerprint density at radius 3 is 2.47 bits per heavy atom. The molecule has 1 unspecified atom stereocenters. The zero-order chi connectivity index (χ0) is 21.7. The molecule has 0 aliphatic heterocycles. The summed E-state index contributed by atoms with van der Waals surface area (Å²) < 4.78 is 40.8. The van der Waals surface area contributed by atoms with Gasteiger partial charge in [-0.1, -0.05) is 42.5 Å². The third-order valence-electron chi connectivity index (χ3n) is 4.29. The van der Waals surface area contributed by atoms with Crippen molar-refractivity contribution < 1.29 is 22.7 Å². The van der Waals surface area contributed by atoms with E-state index in [9.17, 15) is 18.0 Å². The minimum absolute atomic E-state index is 0.183. The Morgan fingerprint density at radius 2 is 1.83 bits per heavy atom. The van der Waals surface area contributed by atoms with Crippen LogP contribution in [0, 0.1) is 0 Å². The first-order valence-corrected chi connectivity index (χ1v) is 10.1. The molecule has 0 bridgehead atoms. The van der Waals surface area contributed by atoms with Crippen molar-refractivity contribution in [2.45, 2.75) is 39.1 Å². The Hall–Kier alpha value is -2.94. The Labute approximate surface area is 175 Å². The highest BCUT2D eigenvalue weighted by atomic mass is 32.1. The molecule has 0 fully saturated rings. The van der Waals surface area contributed by atoms with Gasteiger partial charge >= 0.3 is 6.36 Å². The van der Waals surface area contributed by atoms with Crippen molar-refractivity contribution in [3.8, 4) is 16.3 Å². The van der Waals surface area contributed by atoms with Crippen LogP contribution >= 0.6 is 11.3 Å². The number of rotatable bonds is 7. The maximum Gasteiger partial charge on any atom is 0.573 e. The van der Waals surface area contributed by atoms with E-state index in [1.807, 2.05) is 18.2 Å². The summed E-state index contributed by atoms with van der Waals surface area (Å²) in [5, 5.41) is 12.4. The first kappa shape index (κ1) is 21.8. The number of carbonyl (C=O) groups is 1. The van der Waals surface area contributed by atoms with E-state index < -0.39 is 6.36 Å². The van der Waals surface area contributed by atoms with E-state index in [-0.39, 0.29) is 17.7 Å². The van der Waals surface area contributed by atoms with Crippen molar-refractivity contribution in [1.29, 1.82) is 0 Å². The number of nitrogens with zero attached hydrogens (tertiary/aromatic N) is 2. The molecule has 0 radical (unpaired) electrons. The molecule has 158 valence electrons. The lowest BCUT2D eigenvalue weighted by Crippen LogP contribution is -2.27. The molecular weight excluding hydrogens is 415 g/mol. The van der Waals surface area contributed by atoms with Crippen LogP contribution in [0.5, 0.6) is 5.75 Å². The van der Waals surface area contributed by atoms with E-state index >= 15 is 0 Å². The molecule has 1 atom stereocenters. The second kappa shape index (κ2) is 9.25. The second-order valence-corrected chi connectivity index (χ2v) is 7.66. The van der Waals surface area contributed by atoms with Crippen LogP contribution in [0.4, 0.5) is 13.2 Å². The number of nitrogens with one attached hydrogen (secondary N) is 1. The minimum Gasteiger partial charge on any atom is -0.406 e. The van der Waals surface area contributed by atoms with Crippen molar-refractivity contribution >= 4 is 17.2 Å². The summed E-state index contributed by atoms with van der Waals surface area (Å²) in [6.45, 7) is 3.52. The van der Waals surface area contributed by atoms with Gasteiger partial charge in [-0.05, 0) is 48.2 Å². The monoisotopic (exact) mass is 435 g/mol. The topological polar surface area (TPSA) is 64.1 Å². The molecule has 0 aliphatic rings. The van der Waals surface area contributed by atoms with Gasteiger partial charge in [-0.25, -0.2) is 0 Å². The highest BCUT2D eigenvalue weighted by molar-refractivity contribution is 7.14. The first-order valence-electron chi connectivity index (χ1n) is 9.28. The molecule has 1 heterocycles. The summed E-state index contributed by atoms with van der Waals surface area (Å²) in [4.78, 5) is 11.7. The van der Waals surface area contributed by atoms with Gasteiger partial charge in [0.1, 0.15) is 15.8 Å². The van der Waals surface area contributed by atoms with Crippen molar-refractivity contribution in [2.75, 3.05) is 0 Å². The normalized spacial score (nSPS) is 12.4. The first-order chi connectivity index (χ1) is 14.2. The lowest BCUT2D eigenvalue weighted by Gasteiger charge is -2.15. The zero-order valence-electron chi connectivity index (χ0n) is 16.4. The van der Waals surface area contributed by atoms with E-state index in [4.69, 9.17) is 0 Å². The highest BCUT2D eigenvalue weighted by Crippen LogP contribution is 2.31. The standard InChI is InChI=1S/C21H20F3N3O2S/c1-3-14-5-4-6-15(11-14)12-18(25-13(2)28)20-27-26-19(30-20)16-7-9-17(10-8-16)29-21(22,23)24/h4-11,18H,3,12H2,1-2H3,(H,25,28). The number of ether oxygens (including phenoxy) is 1. The number of alkyl halides is 3. The van der Waals surface area contributed by atoms with Gasteiger partial charge in [0.05, 0.1) is 6.04 Å². The molecule has 0 spiro atoms. The quantitative estimate of drug-likeness (QED) is 0.562. The molecule has 5 nitrogen and oxygen atoms in total. The van der Waals surface area contributed by atoms with Crippen molar-refractivity contribution in [1.82, 2.24) is 15.5 Å². The van der Waals surface area contributed by atoms with E-state index in [0.29, 0.717) is 22.0 Å². The molecule has 1 amide bonds. The number of hydrogen-bond acceptors (Lipinski definition) is 5. The van der Waals surface area contributed by atoms with Crippen LogP contribution in [-0.2, 0) is 17.6 Å². The summed E-state index contributed by atoms with van der Waals surface area (Å²) in [6.07, 6.45) is -3.27. The fraction of sp³-hybridized carbons (Fsp3) is 0.286. The molecule has 9 heteroatoms. The molecule has 0 saturated heterocycles. The van der Waals surface area contributed by atoms with Gasteiger partial charge in [0.2, 0.25) is 5.91 Å². The summed E-state index contributed by atoms with van der Waals surface area (Å²) in [5.74, 6) is -0.486. The average molecular weight is 435 g/mol. The number of hydrogen-bond donors (Lipinski definition) is 1. The van der Waals surface area contributed by atoms with Crippen LogP contribution in [0.3, 0.4) is 0 Å². The minimum atomic E-state index is -4.74. The molecule has 1 N–H and O–H groups in total. The van der Waals surface area contributed by atoms with Gasteiger partial charge in [0.15, 0.2) is 0 Å². The fourth-order valence-electron chi connectivity index (χ4n) is 2.95. The average Bonchev–Trinajstić information content (AvgIpc) is 3.17. The Morgan fingerprint density at radius 1 is 1.13 bits per heavy atom. The summed E-state index contributed by atoms with van der Waals surface area (Å²) in [7, 11) is 0. The SMILES string of the molecule is CCc1cccc(CC(NC(C)=O)c2nnc(-c3ccc(OC(F)(F)F)cc3)s2)c1. The van der Waals surface area contributed by atoms with Crippen LogP contribution in [0.25, 0.3) is 10.6 Å². The lowest BCUT2D eigenvalue weighted by atomic mass is 10.0. The predicted octanol–water partition coefficient (Wildman–Crippen LogP) is 5.09. The molecular formula is C21H20F3N3O2S. The maximum absolute atomic E-state index is 12.3. The van der Waals surface area contributed by atoms with E-state index in [1.54, 1.807) is 0 Å². The number of aromatic nitrogens is 2. The van der Waals surface area contributed by atoms with E-state index in [2.05, 4.69) is 33.2 Å². The predicted molar refractivity (Wildman–Crippen MR) is 108 cm³/mol. The van der Waals surface area contributed by atoms with Gasteiger partial charge in [-0.15, -0.1) is 23.4 Å². The Kier molecular flexibility index (Phi) is 6.71. The van der Waals surface area contributed by atoms with Crippen LogP contribution in [-0.4, -0.2) is 22.5 Å². The maximum atomic E-state index is 12.3. The second-order valence-electron chi connectivity index (χ2n) is 6.65. The van der Waals surface area contributed by atoms with Gasteiger partial charge < -0.3 is 10.1 Å². The Balaban J connectivity index is 1.80. The van der Waals surface area contributed by atoms with Crippen molar-refractivity contribution in [2.24, 2.45) is 0 Å². The molecule has 2 aromatic carbocycles. The summed E-state index contributed by atoms with van der Waals surface area (Å²) in [6, 6.07) is 13.2. The number of carbonyl (C=O) groups excluding carboxylic acids is 1. The molecule has 3 aromatic rings. The van der Waals surface area contributed by atoms with Crippen LogP contribution in [0.1, 0.15) is 36.0 Å². The van der Waals surface area contributed by atoms with E-state index in [0.717, 1.165) is 12.0 Å². The number of halogens is 3. The van der Waals surface area contributed by atoms with Crippen LogP contribution in [0.15, 0.2) is 48.5 Å². The number of amides is 1. The Bertz CT molecular complexity index is 1000. The van der Waals surface area contributed by atoms with Crippen LogP contribution in [0.2, 0.25) is 0 Å². The fourth-order valence-corrected chi connectivity index (χ4v) is 3.85. The smallest absolute Gasteiger partial charge is 0.406 e. The van der Waals surface area contributed by atoms with Gasteiger partial charge in [-0.3, -0.25) is 4.79 Å². The third kappa shape index (κ3) is 6.03. The van der Waals surface area contributed by atoms with Gasteiger partial charge in [-0.2, -0.15) is 0 Å². The number of benzene rings is 2.